The Bertz CT molecular complexity index is 566. The van der Waals surface area contributed by atoms with Gasteiger partial charge in [0.2, 0.25) is 0 Å². The summed E-state index contributed by atoms with van der Waals surface area (Å²) < 4.78 is 13.0. The van der Waals surface area contributed by atoms with Crippen LogP contribution < -0.4 is 10.1 Å². The van der Waals surface area contributed by atoms with Gasteiger partial charge in [-0.3, -0.25) is 0 Å². The molecule has 0 saturated heterocycles. The van der Waals surface area contributed by atoms with Crippen LogP contribution >= 0.6 is 31.9 Å². The first kappa shape index (κ1) is 13.9. The van der Waals surface area contributed by atoms with Crippen LogP contribution in [-0.4, -0.2) is 13.7 Å². The topological polar surface area (TPSA) is 34.4 Å². The number of furan rings is 1. The zero-order chi connectivity index (χ0) is 13.3. The van der Waals surface area contributed by atoms with Gasteiger partial charge in [0.1, 0.15) is 17.1 Å². The molecule has 1 aromatic heterocycles. The Balaban J connectivity index is 2.56. The summed E-state index contributed by atoms with van der Waals surface area (Å²) in [6.07, 6.45) is 0. The molecule has 0 fully saturated rings. The third-order valence-corrected chi connectivity index (χ3v) is 4.24. The number of halogens is 2. The lowest BCUT2D eigenvalue weighted by Crippen LogP contribution is -2.16. The lowest BCUT2D eigenvalue weighted by molar-refractivity contribution is 0.412. The van der Waals surface area contributed by atoms with Crippen molar-refractivity contribution in [2.75, 3.05) is 13.7 Å². The number of methoxy groups -OCH3 is 1. The predicted molar refractivity (Wildman–Crippen MR) is 80.3 cm³/mol. The number of nitrogens with one attached hydrogen (secondary N) is 1. The number of fused-ring (bicyclic) bond motifs is 1. The fourth-order valence-corrected chi connectivity index (χ4v) is 2.97. The van der Waals surface area contributed by atoms with Crippen molar-refractivity contribution in [2.24, 2.45) is 0 Å². The molecule has 0 aliphatic carbocycles. The van der Waals surface area contributed by atoms with Gasteiger partial charge in [-0.25, -0.2) is 0 Å². The highest BCUT2D eigenvalue weighted by atomic mass is 79.9. The molecule has 0 aliphatic heterocycles. The molecule has 0 spiro atoms. The Morgan fingerprint density at radius 3 is 2.72 bits per heavy atom. The molecule has 1 unspecified atom stereocenters. The average molecular weight is 377 g/mol. The summed E-state index contributed by atoms with van der Waals surface area (Å²) in [7, 11) is 1.65. The first-order valence-electron chi connectivity index (χ1n) is 5.77. The van der Waals surface area contributed by atoms with Crippen molar-refractivity contribution in [2.45, 2.75) is 19.9 Å². The average Bonchev–Trinajstić information content (AvgIpc) is 2.80. The third-order valence-electron chi connectivity index (χ3n) is 2.84. The monoisotopic (exact) mass is 375 g/mol. The van der Waals surface area contributed by atoms with E-state index in [1.54, 1.807) is 7.11 Å². The maximum Gasteiger partial charge on any atom is 0.149 e. The van der Waals surface area contributed by atoms with Crippen molar-refractivity contribution in [3.05, 3.63) is 26.8 Å². The molecule has 0 amide bonds. The van der Waals surface area contributed by atoms with Crippen molar-refractivity contribution >= 4 is 42.8 Å². The van der Waals surface area contributed by atoms with E-state index in [0.717, 1.165) is 38.0 Å². The van der Waals surface area contributed by atoms with Crippen LogP contribution in [0.25, 0.3) is 11.0 Å². The van der Waals surface area contributed by atoms with Gasteiger partial charge in [-0.1, -0.05) is 6.92 Å². The standard InChI is InChI=1S/C13H15Br2NO2/c1-4-16-7(2)10-5-8-12(15)11(17-3)6-9(14)13(8)18-10/h5-7,16H,4H2,1-3H3. The lowest BCUT2D eigenvalue weighted by Gasteiger charge is -2.07. The van der Waals surface area contributed by atoms with Crippen LogP contribution in [-0.2, 0) is 0 Å². The second-order valence-corrected chi connectivity index (χ2v) is 5.69. The van der Waals surface area contributed by atoms with Crippen LogP contribution in [0.4, 0.5) is 0 Å². The number of benzene rings is 1. The summed E-state index contributed by atoms with van der Waals surface area (Å²) in [5.74, 6) is 1.71. The van der Waals surface area contributed by atoms with E-state index < -0.39 is 0 Å². The highest BCUT2D eigenvalue weighted by Crippen LogP contribution is 2.40. The molecule has 0 bridgehead atoms. The van der Waals surface area contributed by atoms with Gasteiger partial charge in [-0.15, -0.1) is 0 Å². The molecule has 0 saturated carbocycles. The van der Waals surface area contributed by atoms with E-state index in [2.05, 4.69) is 51.0 Å². The van der Waals surface area contributed by atoms with Crippen LogP contribution in [0, 0.1) is 0 Å². The van der Waals surface area contributed by atoms with Gasteiger partial charge in [-0.05, 0) is 57.5 Å². The molecule has 1 heterocycles. The lowest BCUT2D eigenvalue weighted by atomic mass is 10.2. The maximum atomic E-state index is 5.90. The van der Waals surface area contributed by atoms with E-state index in [0.29, 0.717) is 0 Å². The zero-order valence-corrected chi connectivity index (χ0v) is 13.7. The van der Waals surface area contributed by atoms with Crippen molar-refractivity contribution in [3.63, 3.8) is 0 Å². The number of ether oxygens (including phenoxy) is 1. The second-order valence-electron chi connectivity index (χ2n) is 4.05. The molecule has 1 N–H and O–H groups in total. The van der Waals surface area contributed by atoms with E-state index in [9.17, 15) is 0 Å². The summed E-state index contributed by atoms with van der Waals surface area (Å²) in [6, 6.07) is 4.13. The van der Waals surface area contributed by atoms with E-state index in [1.807, 2.05) is 12.1 Å². The first-order valence-corrected chi connectivity index (χ1v) is 7.35. The quantitative estimate of drug-likeness (QED) is 0.844. The highest BCUT2D eigenvalue weighted by molar-refractivity contribution is 9.11. The van der Waals surface area contributed by atoms with Crippen LogP contribution in [0.1, 0.15) is 25.6 Å². The number of hydrogen-bond donors (Lipinski definition) is 1. The molecule has 1 aromatic carbocycles. The van der Waals surface area contributed by atoms with Gasteiger partial charge in [0.05, 0.1) is 22.1 Å². The Morgan fingerprint density at radius 2 is 2.11 bits per heavy atom. The van der Waals surface area contributed by atoms with Crippen LogP contribution in [0.3, 0.4) is 0 Å². The van der Waals surface area contributed by atoms with Gasteiger partial charge in [-0.2, -0.15) is 0 Å². The minimum absolute atomic E-state index is 0.187. The van der Waals surface area contributed by atoms with Gasteiger partial charge in [0, 0.05) is 5.39 Å². The molecule has 18 heavy (non-hydrogen) atoms. The minimum Gasteiger partial charge on any atom is -0.496 e. The van der Waals surface area contributed by atoms with Crippen LogP contribution in [0.5, 0.6) is 5.75 Å². The van der Waals surface area contributed by atoms with Crippen LogP contribution in [0.15, 0.2) is 25.5 Å². The van der Waals surface area contributed by atoms with Crippen molar-refractivity contribution < 1.29 is 9.15 Å². The number of rotatable bonds is 4. The molecule has 5 heteroatoms. The maximum absolute atomic E-state index is 5.90. The zero-order valence-electron chi connectivity index (χ0n) is 10.5. The van der Waals surface area contributed by atoms with Gasteiger partial charge < -0.3 is 14.5 Å². The normalized spacial score (nSPS) is 12.9. The van der Waals surface area contributed by atoms with Gasteiger partial charge in [0.25, 0.3) is 0 Å². The van der Waals surface area contributed by atoms with E-state index in [1.165, 1.54) is 0 Å². The van der Waals surface area contributed by atoms with Crippen LogP contribution in [0.2, 0.25) is 0 Å². The Labute approximate surface area is 123 Å². The molecule has 1 atom stereocenters. The van der Waals surface area contributed by atoms with E-state index in [-0.39, 0.29) is 6.04 Å². The summed E-state index contributed by atoms with van der Waals surface area (Å²) in [6.45, 7) is 5.07. The summed E-state index contributed by atoms with van der Waals surface area (Å²) in [4.78, 5) is 0. The number of hydrogen-bond acceptors (Lipinski definition) is 3. The molecular weight excluding hydrogens is 362 g/mol. The van der Waals surface area contributed by atoms with E-state index >= 15 is 0 Å². The van der Waals surface area contributed by atoms with E-state index in [4.69, 9.17) is 9.15 Å². The molecule has 2 aromatic rings. The van der Waals surface area contributed by atoms with Gasteiger partial charge in [0.15, 0.2) is 0 Å². The summed E-state index contributed by atoms with van der Waals surface area (Å²) in [5, 5.41) is 4.35. The predicted octanol–water partition coefficient (Wildman–Crippen LogP) is 4.64. The molecule has 0 radical (unpaired) electrons. The molecule has 3 nitrogen and oxygen atoms in total. The fraction of sp³-hybridized carbons (Fsp3) is 0.385. The third kappa shape index (κ3) is 2.44. The Morgan fingerprint density at radius 1 is 1.39 bits per heavy atom. The van der Waals surface area contributed by atoms with Crippen molar-refractivity contribution in [1.29, 1.82) is 0 Å². The van der Waals surface area contributed by atoms with Gasteiger partial charge >= 0.3 is 0 Å². The molecule has 98 valence electrons. The minimum atomic E-state index is 0.187. The van der Waals surface area contributed by atoms with Crippen molar-refractivity contribution in [3.8, 4) is 5.75 Å². The highest BCUT2D eigenvalue weighted by Gasteiger charge is 2.17. The summed E-state index contributed by atoms with van der Waals surface area (Å²) in [5.41, 5.74) is 0.836. The Kier molecular flexibility index (Phi) is 4.35. The Hall–Kier alpha value is -0.520. The summed E-state index contributed by atoms with van der Waals surface area (Å²) >= 11 is 7.06. The fourth-order valence-electron chi connectivity index (χ4n) is 1.90. The molecule has 0 aliphatic rings. The van der Waals surface area contributed by atoms with Crippen molar-refractivity contribution in [1.82, 2.24) is 5.32 Å². The SMILES string of the molecule is CCNC(C)c1cc2c(Br)c(OC)cc(Br)c2o1. The second kappa shape index (κ2) is 5.63. The largest absolute Gasteiger partial charge is 0.496 e. The first-order chi connectivity index (χ1) is 8.58. The smallest absolute Gasteiger partial charge is 0.149 e. The molecule has 2 rings (SSSR count). The molecular formula is C13H15Br2NO2.